The van der Waals surface area contributed by atoms with E-state index in [0.717, 1.165) is 49.3 Å². The largest absolute Gasteiger partial charge is 0.373 e. The molecule has 3 heterocycles. The maximum Gasteiger partial charge on any atom is 0.253 e. The first-order valence-electron chi connectivity index (χ1n) is 9.31. The lowest BCUT2D eigenvalue weighted by molar-refractivity contribution is -0.0388. The Morgan fingerprint density at radius 1 is 1.23 bits per heavy atom. The lowest BCUT2D eigenvalue weighted by Gasteiger charge is -2.38. The molecule has 2 aromatic rings. The van der Waals surface area contributed by atoms with Gasteiger partial charge in [0.05, 0.1) is 18.2 Å². The minimum atomic E-state index is -0.101. The summed E-state index contributed by atoms with van der Waals surface area (Å²) in [6.07, 6.45) is 4.55. The number of carbonyl (C=O) groups is 1. The van der Waals surface area contributed by atoms with Gasteiger partial charge in [-0.05, 0) is 50.5 Å². The number of benzene rings is 1. The van der Waals surface area contributed by atoms with Gasteiger partial charge in [-0.25, -0.2) is 4.98 Å². The summed E-state index contributed by atoms with van der Waals surface area (Å²) in [5, 5.41) is 3.46. The monoisotopic (exact) mass is 351 g/mol. The molecule has 1 atom stereocenters. The number of likely N-dealkylation sites (tertiary alicyclic amines) is 1. The number of amides is 1. The maximum absolute atomic E-state index is 12.7. The number of ether oxygens (including phenoxy) is 1. The zero-order valence-electron chi connectivity index (χ0n) is 15.1. The average molecular weight is 351 g/mol. The Labute approximate surface area is 154 Å². The van der Waals surface area contributed by atoms with Gasteiger partial charge in [0, 0.05) is 24.8 Å². The number of aryl methyl sites for hydroxylation is 1. The van der Waals surface area contributed by atoms with Crippen LogP contribution in [0.1, 0.15) is 35.2 Å². The van der Waals surface area contributed by atoms with Crippen LogP contribution >= 0.6 is 0 Å². The second-order valence-corrected chi connectivity index (χ2v) is 7.42. The number of anilines is 1. The van der Waals surface area contributed by atoms with Crippen LogP contribution in [-0.2, 0) is 4.74 Å². The van der Waals surface area contributed by atoms with Crippen molar-refractivity contribution in [2.45, 2.75) is 37.8 Å². The molecule has 2 aliphatic heterocycles. The summed E-state index contributed by atoms with van der Waals surface area (Å²) < 4.78 is 6.19. The smallest absolute Gasteiger partial charge is 0.253 e. The standard InChI is InChI=1S/C21H25N3O2/c1-16-5-4-6-17(13-16)20(25)24-11-8-21(9-12-24)14-18(15-26-21)23-19-7-2-3-10-22-19/h2-7,10,13,18H,8-9,11-12,14-15H2,1H3,(H,22,23)/t18-/m1/s1. The van der Waals surface area contributed by atoms with E-state index in [1.807, 2.05) is 54.3 Å². The van der Waals surface area contributed by atoms with Crippen molar-refractivity contribution in [3.8, 4) is 0 Å². The molecule has 0 bridgehead atoms. The molecular weight excluding hydrogens is 326 g/mol. The molecule has 0 unspecified atom stereocenters. The van der Waals surface area contributed by atoms with Gasteiger partial charge in [0.1, 0.15) is 5.82 Å². The van der Waals surface area contributed by atoms with Crippen LogP contribution in [0.2, 0.25) is 0 Å². The van der Waals surface area contributed by atoms with Gasteiger partial charge in [0.25, 0.3) is 5.91 Å². The quantitative estimate of drug-likeness (QED) is 0.922. The molecule has 1 aromatic heterocycles. The topological polar surface area (TPSA) is 54.5 Å². The molecule has 1 amide bonds. The third-order valence-corrected chi connectivity index (χ3v) is 5.45. The highest BCUT2D eigenvalue weighted by Crippen LogP contribution is 2.37. The molecule has 26 heavy (non-hydrogen) atoms. The number of nitrogens with one attached hydrogen (secondary N) is 1. The molecule has 2 aliphatic rings. The Morgan fingerprint density at radius 2 is 2.08 bits per heavy atom. The Bertz CT molecular complexity index is 770. The number of nitrogens with zero attached hydrogens (tertiary/aromatic N) is 2. The number of carbonyl (C=O) groups excluding carboxylic acids is 1. The highest BCUT2D eigenvalue weighted by atomic mass is 16.5. The predicted octanol–water partition coefficient (Wildman–Crippen LogP) is 3.27. The number of pyridine rings is 1. The van der Waals surface area contributed by atoms with Gasteiger partial charge in [0.15, 0.2) is 0 Å². The Morgan fingerprint density at radius 3 is 2.81 bits per heavy atom. The van der Waals surface area contributed by atoms with Crippen molar-refractivity contribution in [2.75, 3.05) is 25.0 Å². The van der Waals surface area contributed by atoms with E-state index in [2.05, 4.69) is 10.3 Å². The summed E-state index contributed by atoms with van der Waals surface area (Å²) >= 11 is 0. The number of rotatable bonds is 3. The number of hydrogen-bond acceptors (Lipinski definition) is 4. The van der Waals surface area contributed by atoms with E-state index in [9.17, 15) is 4.79 Å². The lowest BCUT2D eigenvalue weighted by Crippen LogP contribution is -2.46. The molecule has 5 heteroatoms. The molecule has 1 N–H and O–H groups in total. The fourth-order valence-corrected chi connectivity index (χ4v) is 4.02. The fraction of sp³-hybridized carbons (Fsp3) is 0.429. The van der Waals surface area contributed by atoms with Gasteiger partial charge in [0.2, 0.25) is 0 Å². The summed E-state index contributed by atoms with van der Waals surface area (Å²) in [5.74, 6) is 1.02. The molecule has 0 saturated carbocycles. The van der Waals surface area contributed by atoms with Crippen molar-refractivity contribution in [3.63, 3.8) is 0 Å². The fourth-order valence-electron chi connectivity index (χ4n) is 4.02. The van der Waals surface area contributed by atoms with Crippen LogP contribution in [0.5, 0.6) is 0 Å². The van der Waals surface area contributed by atoms with Crippen molar-refractivity contribution >= 4 is 11.7 Å². The van der Waals surface area contributed by atoms with Crippen molar-refractivity contribution in [1.29, 1.82) is 0 Å². The lowest BCUT2D eigenvalue weighted by atomic mass is 9.87. The van der Waals surface area contributed by atoms with Crippen molar-refractivity contribution in [1.82, 2.24) is 9.88 Å². The molecule has 5 nitrogen and oxygen atoms in total. The Balaban J connectivity index is 1.34. The van der Waals surface area contributed by atoms with Gasteiger partial charge in [-0.15, -0.1) is 0 Å². The van der Waals surface area contributed by atoms with E-state index in [4.69, 9.17) is 4.74 Å². The summed E-state index contributed by atoms with van der Waals surface area (Å²) in [6, 6.07) is 14.0. The highest BCUT2D eigenvalue weighted by molar-refractivity contribution is 5.94. The number of hydrogen-bond donors (Lipinski definition) is 1. The third kappa shape index (κ3) is 3.58. The normalized spacial score (nSPS) is 21.7. The first kappa shape index (κ1) is 17.0. The molecular formula is C21H25N3O2. The van der Waals surface area contributed by atoms with Crippen LogP contribution in [0.15, 0.2) is 48.7 Å². The van der Waals surface area contributed by atoms with E-state index >= 15 is 0 Å². The van der Waals surface area contributed by atoms with E-state index in [-0.39, 0.29) is 17.6 Å². The summed E-state index contributed by atoms with van der Waals surface area (Å²) in [7, 11) is 0. The minimum absolute atomic E-state index is 0.101. The summed E-state index contributed by atoms with van der Waals surface area (Å²) in [4.78, 5) is 19.0. The average Bonchev–Trinajstić information content (AvgIpc) is 3.05. The van der Waals surface area contributed by atoms with E-state index in [0.29, 0.717) is 6.61 Å². The van der Waals surface area contributed by atoms with Gasteiger partial charge in [-0.2, -0.15) is 0 Å². The first-order valence-corrected chi connectivity index (χ1v) is 9.31. The summed E-state index contributed by atoms with van der Waals surface area (Å²) in [6.45, 7) is 4.22. The molecule has 2 fully saturated rings. The van der Waals surface area contributed by atoms with Crippen LogP contribution in [-0.4, -0.2) is 47.1 Å². The zero-order valence-corrected chi connectivity index (χ0v) is 15.1. The van der Waals surface area contributed by atoms with Gasteiger partial charge < -0.3 is 15.0 Å². The van der Waals surface area contributed by atoms with Crippen molar-refractivity contribution < 1.29 is 9.53 Å². The highest BCUT2D eigenvalue weighted by Gasteiger charge is 2.43. The van der Waals surface area contributed by atoms with Gasteiger partial charge in [-0.1, -0.05) is 23.8 Å². The van der Waals surface area contributed by atoms with Gasteiger partial charge >= 0.3 is 0 Å². The summed E-state index contributed by atoms with van der Waals surface area (Å²) in [5.41, 5.74) is 1.80. The molecule has 2 saturated heterocycles. The Kier molecular flexibility index (Phi) is 4.64. The molecule has 1 spiro atoms. The van der Waals surface area contributed by atoms with Crippen LogP contribution < -0.4 is 5.32 Å². The predicted molar refractivity (Wildman–Crippen MR) is 101 cm³/mol. The Hall–Kier alpha value is -2.40. The zero-order chi connectivity index (χ0) is 18.0. The number of piperidine rings is 1. The van der Waals surface area contributed by atoms with E-state index in [1.54, 1.807) is 6.20 Å². The minimum Gasteiger partial charge on any atom is -0.373 e. The SMILES string of the molecule is Cc1cccc(C(=O)N2CCC3(CC2)C[C@@H](Nc2ccccn2)CO3)c1. The molecule has 0 aliphatic carbocycles. The van der Waals surface area contributed by atoms with Crippen LogP contribution in [0, 0.1) is 6.92 Å². The van der Waals surface area contributed by atoms with E-state index < -0.39 is 0 Å². The van der Waals surface area contributed by atoms with Crippen LogP contribution in [0.25, 0.3) is 0 Å². The first-order chi connectivity index (χ1) is 12.6. The third-order valence-electron chi connectivity index (χ3n) is 5.45. The van der Waals surface area contributed by atoms with Crippen molar-refractivity contribution in [3.05, 3.63) is 59.8 Å². The second-order valence-electron chi connectivity index (χ2n) is 7.42. The van der Waals surface area contributed by atoms with Crippen LogP contribution in [0.3, 0.4) is 0 Å². The molecule has 1 aromatic carbocycles. The van der Waals surface area contributed by atoms with Crippen molar-refractivity contribution in [2.24, 2.45) is 0 Å². The van der Waals surface area contributed by atoms with E-state index in [1.165, 1.54) is 0 Å². The molecule has 136 valence electrons. The van der Waals surface area contributed by atoms with Gasteiger partial charge in [-0.3, -0.25) is 4.79 Å². The molecule has 0 radical (unpaired) electrons. The second kappa shape index (κ2) is 7.08. The van der Waals surface area contributed by atoms with Crippen LogP contribution in [0.4, 0.5) is 5.82 Å². The number of aromatic nitrogens is 1. The maximum atomic E-state index is 12.7. The molecule has 4 rings (SSSR count).